The predicted octanol–water partition coefficient (Wildman–Crippen LogP) is 3.94. The molecule has 166 valence electrons. The van der Waals surface area contributed by atoms with Crippen molar-refractivity contribution < 1.29 is 9.47 Å². The van der Waals surface area contributed by atoms with Gasteiger partial charge in [-0.2, -0.15) is 10.2 Å². The fourth-order valence-corrected chi connectivity index (χ4v) is 6.40. The number of ether oxygens (including phenoxy) is 2. The van der Waals surface area contributed by atoms with E-state index in [9.17, 15) is 0 Å². The summed E-state index contributed by atoms with van der Waals surface area (Å²) in [6.07, 6.45) is 11.4. The van der Waals surface area contributed by atoms with Crippen molar-refractivity contribution in [2.24, 2.45) is 5.92 Å². The lowest BCUT2D eigenvalue weighted by Crippen LogP contribution is -2.61. The first-order valence-corrected chi connectivity index (χ1v) is 11.8. The summed E-state index contributed by atoms with van der Waals surface area (Å²) < 4.78 is 10.9. The minimum absolute atomic E-state index is 0.345. The van der Waals surface area contributed by atoms with Crippen molar-refractivity contribution in [3.8, 4) is 0 Å². The van der Waals surface area contributed by atoms with Crippen LogP contribution in [0.25, 0.3) is 0 Å². The van der Waals surface area contributed by atoms with E-state index in [4.69, 9.17) is 9.47 Å². The second-order valence-corrected chi connectivity index (χ2v) is 9.30. The van der Waals surface area contributed by atoms with Crippen LogP contribution in [-0.2, 0) is 21.3 Å². The zero-order valence-electron chi connectivity index (χ0n) is 18.6. The summed E-state index contributed by atoms with van der Waals surface area (Å²) in [5.41, 5.74) is 5.66. The molecule has 1 aromatic carbocycles. The van der Waals surface area contributed by atoms with Gasteiger partial charge in [0.25, 0.3) is 0 Å². The number of hydrogen-bond acceptors (Lipinski definition) is 6. The van der Waals surface area contributed by atoms with Crippen molar-refractivity contribution in [3.05, 3.63) is 47.8 Å². The molecule has 1 aliphatic heterocycles. The molecule has 3 aliphatic rings. The summed E-state index contributed by atoms with van der Waals surface area (Å²) in [5, 5.41) is 11.4. The average molecular weight is 423 g/mol. The molecule has 1 N–H and O–H groups in total. The van der Waals surface area contributed by atoms with Crippen LogP contribution >= 0.6 is 0 Å². The molecule has 1 saturated heterocycles. The number of benzene rings is 1. The standard InChI is InChI=1S/C25H34N4O2/c1-30-14-15-31-13-12-29-11-9-25-8-3-2-4-22(25)24(29)16-19-5-6-20(17-23(19)25)28-21-7-10-26-27-18-21/h5-7,10,17-18,22,24H,2-4,8-9,11-16H2,1H3,(H,26,28)/t22-,24+,25+/m0/s1. The van der Waals surface area contributed by atoms with Crippen LogP contribution in [0, 0.1) is 5.92 Å². The SMILES string of the molecule is COCCOCCN1CC[C@]23CCCC[C@H]2[C@H]1Cc1ccc(Nc2ccnnc2)cc13. The number of hydrogen-bond donors (Lipinski definition) is 1. The largest absolute Gasteiger partial charge is 0.382 e. The number of likely N-dealkylation sites (tertiary alicyclic amines) is 1. The van der Waals surface area contributed by atoms with E-state index in [0.29, 0.717) is 24.7 Å². The van der Waals surface area contributed by atoms with E-state index in [0.717, 1.165) is 36.9 Å². The average Bonchev–Trinajstić information content (AvgIpc) is 2.81. The monoisotopic (exact) mass is 422 g/mol. The summed E-state index contributed by atoms with van der Waals surface area (Å²) in [6, 6.07) is 9.65. The van der Waals surface area contributed by atoms with Crippen LogP contribution in [0.15, 0.2) is 36.7 Å². The Hall–Kier alpha value is -2.02. The third-order valence-corrected chi connectivity index (χ3v) is 7.78. The summed E-state index contributed by atoms with van der Waals surface area (Å²) in [6.45, 7) is 4.38. The van der Waals surface area contributed by atoms with Gasteiger partial charge in [-0.3, -0.25) is 4.90 Å². The number of rotatable bonds is 8. The molecule has 0 spiro atoms. The zero-order valence-corrected chi connectivity index (χ0v) is 18.6. The van der Waals surface area contributed by atoms with Crippen LogP contribution in [0.3, 0.4) is 0 Å². The Morgan fingerprint density at radius 2 is 2.06 bits per heavy atom. The van der Waals surface area contributed by atoms with E-state index >= 15 is 0 Å². The molecular weight excluding hydrogens is 388 g/mol. The molecule has 2 bridgehead atoms. The minimum Gasteiger partial charge on any atom is -0.382 e. The van der Waals surface area contributed by atoms with Crippen molar-refractivity contribution in [2.75, 3.05) is 45.3 Å². The molecule has 2 heterocycles. The van der Waals surface area contributed by atoms with Gasteiger partial charge in [0.05, 0.1) is 37.9 Å². The van der Waals surface area contributed by atoms with E-state index < -0.39 is 0 Å². The number of nitrogens with zero attached hydrogens (tertiary/aromatic N) is 3. The van der Waals surface area contributed by atoms with Crippen LogP contribution in [-0.4, -0.2) is 61.2 Å². The van der Waals surface area contributed by atoms with Gasteiger partial charge < -0.3 is 14.8 Å². The highest BCUT2D eigenvalue weighted by atomic mass is 16.5. The number of fused-ring (bicyclic) bond motifs is 1. The van der Waals surface area contributed by atoms with Crippen molar-refractivity contribution >= 4 is 11.4 Å². The lowest BCUT2D eigenvalue weighted by molar-refractivity contribution is -0.0273. The topological polar surface area (TPSA) is 59.5 Å². The first-order valence-electron chi connectivity index (χ1n) is 11.8. The molecule has 31 heavy (non-hydrogen) atoms. The zero-order chi connectivity index (χ0) is 21.1. The van der Waals surface area contributed by atoms with Gasteiger partial charge in [0.15, 0.2) is 0 Å². The number of aromatic nitrogens is 2. The molecule has 3 atom stereocenters. The fraction of sp³-hybridized carbons (Fsp3) is 0.600. The Labute approximate surface area is 185 Å². The first-order chi connectivity index (χ1) is 15.3. The maximum atomic E-state index is 5.81. The van der Waals surface area contributed by atoms with Gasteiger partial charge in [-0.25, -0.2) is 0 Å². The molecule has 0 radical (unpaired) electrons. The second-order valence-electron chi connectivity index (χ2n) is 9.30. The Kier molecular flexibility index (Phi) is 6.21. The van der Waals surface area contributed by atoms with Crippen molar-refractivity contribution in [2.45, 2.75) is 50.0 Å². The smallest absolute Gasteiger partial charge is 0.0731 e. The third kappa shape index (κ3) is 4.09. The Morgan fingerprint density at radius 3 is 2.94 bits per heavy atom. The predicted molar refractivity (Wildman–Crippen MR) is 122 cm³/mol. The van der Waals surface area contributed by atoms with E-state index in [1.54, 1.807) is 30.6 Å². The highest BCUT2D eigenvalue weighted by Crippen LogP contribution is 2.56. The van der Waals surface area contributed by atoms with Gasteiger partial charge in [0, 0.05) is 30.8 Å². The molecule has 1 aromatic heterocycles. The molecule has 6 nitrogen and oxygen atoms in total. The minimum atomic E-state index is 0.345. The summed E-state index contributed by atoms with van der Waals surface area (Å²) in [5.74, 6) is 0.763. The van der Waals surface area contributed by atoms with E-state index in [2.05, 4.69) is 38.6 Å². The summed E-state index contributed by atoms with van der Waals surface area (Å²) in [4.78, 5) is 2.72. The van der Waals surface area contributed by atoms with E-state index in [-0.39, 0.29) is 0 Å². The normalized spacial score (nSPS) is 27.4. The van der Waals surface area contributed by atoms with E-state index in [1.165, 1.54) is 38.6 Å². The number of piperidine rings is 1. The summed E-state index contributed by atoms with van der Waals surface area (Å²) >= 11 is 0. The molecule has 2 fully saturated rings. The second kappa shape index (κ2) is 9.23. The van der Waals surface area contributed by atoms with Crippen molar-refractivity contribution in [3.63, 3.8) is 0 Å². The molecule has 6 heteroatoms. The fourth-order valence-electron chi connectivity index (χ4n) is 6.40. The number of methoxy groups -OCH3 is 1. The first kappa shape index (κ1) is 20.9. The van der Waals surface area contributed by atoms with Crippen LogP contribution in [0.2, 0.25) is 0 Å². The van der Waals surface area contributed by atoms with Crippen LogP contribution in [0.1, 0.15) is 43.2 Å². The van der Waals surface area contributed by atoms with Gasteiger partial charge in [-0.15, -0.1) is 0 Å². The Morgan fingerprint density at radius 1 is 1.10 bits per heavy atom. The van der Waals surface area contributed by atoms with Crippen LogP contribution < -0.4 is 5.32 Å². The Bertz CT molecular complexity index is 877. The van der Waals surface area contributed by atoms with Gasteiger partial charge in [0.1, 0.15) is 0 Å². The Balaban J connectivity index is 1.38. The maximum absolute atomic E-state index is 5.81. The third-order valence-electron chi connectivity index (χ3n) is 7.78. The van der Waals surface area contributed by atoms with Crippen LogP contribution in [0.5, 0.6) is 0 Å². The van der Waals surface area contributed by atoms with E-state index in [1.807, 2.05) is 6.07 Å². The lowest BCUT2D eigenvalue weighted by Gasteiger charge is -2.59. The molecule has 2 aromatic rings. The molecular formula is C25H34N4O2. The lowest BCUT2D eigenvalue weighted by atomic mass is 9.52. The van der Waals surface area contributed by atoms with Gasteiger partial charge in [-0.1, -0.05) is 18.9 Å². The van der Waals surface area contributed by atoms with Crippen molar-refractivity contribution in [1.82, 2.24) is 15.1 Å². The molecule has 0 unspecified atom stereocenters. The highest BCUT2D eigenvalue weighted by Gasteiger charge is 2.53. The van der Waals surface area contributed by atoms with Gasteiger partial charge in [0.2, 0.25) is 0 Å². The number of nitrogens with one attached hydrogen (secondary N) is 1. The summed E-state index contributed by atoms with van der Waals surface area (Å²) in [7, 11) is 1.73. The molecule has 0 amide bonds. The van der Waals surface area contributed by atoms with Gasteiger partial charge in [-0.05, 0) is 67.5 Å². The van der Waals surface area contributed by atoms with Gasteiger partial charge >= 0.3 is 0 Å². The number of anilines is 2. The van der Waals surface area contributed by atoms with Crippen molar-refractivity contribution in [1.29, 1.82) is 0 Å². The maximum Gasteiger partial charge on any atom is 0.0731 e. The molecule has 1 saturated carbocycles. The quantitative estimate of drug-likeness (QED) is 0.650. The molecule has 5 rings (SSSR count). The van der Waals surface area contributed by atoms with Crippen LogP contribution in [0.4, 0.5) is 11.4 Å². The molecule has 2 aliphatic carbocycles. The highest BCUT2D eigenvalue weighted by molar-refractivity contribution is 5.61.